The quantitative estimate of drug-likeness (QED) is 0.691. The molecule has 15 heavy (non-hydrogen) atoms. The summed E-state index contributed by atoms with van der Waals surface area (Å²) in [5, 5.41) is 0. The van der Waals surface area contributed by atoms with Crippen molar-refractivity contribution >= 4 is 11.7 Å². The van der Waals surface area contributed by atoms with E-state index in [2.05, 4.69) is 9.97 Å². The lowest BCUT2D eigenvalue weighted by atomic mass is 10.4. The normalized spacial score (nSPS) is 10.5. The van der Waals surface area contributed by atoms with Gasteiger partial charge in [0.1, 0.15) is 0 Å². The van der Waals surface area contributed by atoms with Crippen LogP contribution in [0.15, 0.2) is 18.6 Å². The number of hydrogen-bond donors (Lipinski definition) is 0. The summed E-state index contributed by atoms with van der Waals surface area (Å²) in [6.07, 6.45) is 5.18. The third kappa shape index (κ3) is 1.81. The molecule has 0 N–H and O–H groups in total. The molecule has 5 heteroatoms. The number of nitrogens with zero attached hydrogens (tertiary/aromatic N) is 3. The minimum Gasteiger partial charge on any atom is -0.461 e. The number of ether oxygens (including phenoxy) is 1. The van der Waals surface area contributed by atoms with Crippen LogP contribution in [-0.4, -0.2) is 26.9 Å². The van der Waals surface area contributed by atoms with Crippen LogP contribution in [0.1, 0.15) is 23.0 Å². The number of rotatable bonds is 2. The summed E-state index contributed by atoms with van der Waals surface area (Å²) in [4.78, 5) is 19.5. The maximum atomic E-state index is 11.4. The molecule has 0 amide bonds. The highest BCUT2D eigenvalue weighted by Gasteiger charge is 2.11. The van der Waals surface area contributed by atoms with Crippen molar-refractivity contribution in [2.45, 2.75) is 13.8 Å². The van der Waals surface area contributed by atoms with Crippen molar-refractivity contribution < 1.29 is 9.53 Å². The van der Waals surface area contributed by atoms with E-state index in [1.807, 2.05) is 13.1 Å². The first-order valence-corrected chi connectivity index (χ1v) is 4.69. The number of carbonyl (C=O) groups is 1. The molecule has 0 unspecified atom stereocenters. The van der Waals surface area contributed by atoms with E-state index in [0.717, 1.165) is 5.56 Å². The van der Waals surface area contributed by atoms with E-state index in [9.17, 15) is 4.79 Å². The van der Waals surface area contributed by atoms with E-state index >= 15 is 0 Å². The molecule has 2 rings (SSSR count). The molecule has 2 aromatic heterocycles. The van der Waals surface area contributed by atoms with Gasteiger partial charge in [0.15, 0.2) is 5.69 Å². The lowest BCUT2D eigenvalue weighted by molar-refractivity contribution is 0.0520. The standard InChI is InChI=1S/C10H11N3O2/c1-3-15-9(14)8-6-13-5-7(2)4-11-10(13)12-8/h4-6H,3H2,1-2H3. The van der Waals surface area contributed by atoms with Gasteiger partial charge in [-0.1, -0.05) is 0 Å². The third-order valence-electron chi connectivity index (χ3n) is 1.92. The molecule has 78 valence electrons. The van der Waals surface area contributed by atoms with Gasteiger partial charge in [0.05, 0.1) is 6.61 Å². The molecule has 0 saturated carbocycles. The summed E-state index contributed by atoms with van der Waals surface area (Å²) < 4.78 is 6.56. The summed E-state index contributed by atoms with van der Waals surface area (Å²) in [5.41, 5.74) is 1.30. The minimum absolute atomic E-state index is 0.287. The Bertz CT molecular complexity index is 504. The molecule has 0 aromatic carbocycles. The zero-order valence-corrected chi connectivity index (χ0v) is 8.60. The number of carbonyl (C=O) groups excluding carboxylic acids is 1. The van der Waals surface area contributed by atoms with Crippen LogP contribution < -0.4 is 0 Å². The van der Waals surface area contributed by atoms with Crippen molar-refractivity contribution in [2.24, 2.45) is 0 Å². The summed E-state index contributed by atoms with van der Waals surface area (Å²) in [5.74, 6) is 0.0873. The van der Waals surface area contributed by atoms with Crippen LogP contribution in [0.25, 0.3) is 5.78 Å². The molecule has 0 aliphatic rings. The van der Waals surface area contributed by atoms with Crippen molar-refractivity contribution in [3.05, 3.63) is 29.8 Å². The highest BCUT2D eigenvalue weighted by molar-refractivity contribution is 5.87. The van der Waals surface area contributed by atoms with Gasteiger partial charge in [-0.3, -0.25) is 4.40 Å². The summed E-state index contributed by atoms with van der Waals surface area (Å²) in [6.45, 7) is 4.03. The van der Waals surface area contributed by atoms with Crippen LogP contribution >= 0.6 is 0 Å². The van der Waals surface area contributed by atoms with Crippen molar-refractivity contribution in [2.75, 3.05) is 6.61 Å². The fraction of sp³-hybridized carbons (Fsp3) is 0.300. The van der Waals surface area contributed by atoms with Gasteiger partial charge in [-0.25, -0.2) is 14.8 Å². The summed E-state index contributed by atoms with van der Waals surface area (Å²) >= 11 is 0. The molecule has 0 fully saturated rings. The molecule has 0 aliphatic heterocycles. The molecule has 0 aliphatic carbocycles. The van der Waals surface area contributed by atoms with Gasteiger partial charge in [0.25, 0.3) is 0 Å². The monoisotopic (exact) mass is 205 g/mol. The molecule has 0 radical (unpaired) electrons. The number of hydrogen-bond acceptors (Lipinski definition) is 4. The minimum atomic E-state index is -0.416. The van der Waals surface area contributed by atoms with Crippen LogP contribution in [-0.2, 0) is 4.74 Å². The average Bonchev–Trinajstić information content (AvgIpc) is 2.60. The van der Waals surface area contributed by atoms with Crippen LogP contribution in [0.2, 0.25) is 0 Å². The highest BCUT2D eigenvalue weighted by Crippen LogP contribution is 2.05. The third-order valence-corrected chi connectivity index (χ3v) is 1.92. The maximum Gasteiger partial charge on any atom is 0.358 e. The smallest absolute Gasteiger partial charge is 0.358 e. The first kappa shape index (κ1) is 9.64. The number of fused-ring (bicyclic) bond motifs is 1. The molecule has 0 atom stereocenters. The molecule has 0 saturated heterocycles. The Balaban J connectivity index is 2.42. The zero-order chi connectivity index (χ0) is 10.8. The predicted octanol–water partition coefficient (Wildman–Crippen LogP) is 1.21. The number of esters is 1. The Hall–Kier alpha value is -1.91. The SMILES string of the molecule is CCOC(=O)c1cn2cc(C)cnc2n1. The Morgan fingerprint density at radius 3 is 3.07 bits per heavy atom. The largest absolute Gasteiger partial charge is 0.461 e. The Kier molecular flexibility index (Phi) is 2.37. The van der Waals surface area contributed by atoms with Gasteiger partial charge >= 0.3 is 5.97 Å². The molecule has 2 aromatic rings. The van der Waals surface area contributed by atoms with Crippen LogP contribution in [0.3, 0.4) is 0 Å². The van der Waals surface area contributed by atoms with E-state index in [1.54, 1.807) is 23.7 Å². The second-order valence-electron chi connectivity index (χ2n) is 3.19. The van der Waals surface area contributed by atoms with Gasteiger partial charge in [0.2, 0.25) is 5.78 Å². The Morgan fingerprint density at radius 1 is 1.53 bits per heavy atom. The maximum absolute atomic E-state index is 11.4. The van der Waals surface area contributed by atoms with Gasteiger partial charge in [-0.2, -0.15) is 0 Å². The molecule has 5 nitrogen and oxygen atoms in total. The van der Waals surface area contributed by atoms with E-state index in [0.29, 0.717) is 12.4 Å². The lowest BCUT2D eigenvalue weighted by Gasteiger charge is -1.94. The fourth-order valence-corrected chi connectivity index (χ4v) is 1.29. The second kappa shape index (κ2) is 3.68. The van der Waals surface area contributed by atoms with E-state index < -0.39 is 5.97 Å². The van der Waals surface area contributed by atoms with Crippen LogP contribution in [0, 0.1) is 6.92 Å². The van der Waals surface area contributed by atoms with Crippen molar-refractivity contribution in [3.8, 4) is 0 Å². The summed E-state index contributed by atoms with van der Waals surface area (Å²) in [6, 6.07) is 0. The molecule has 0 bridgehead atoms. The fourth-order valence-electron chi connectivity index (χ4n) is 1.29. The van der Waals surface area contributed by atoms with E-state index in [-0.39, 0.29) is 5.69 Å². The van der Waals surface area contributed by atoms with E-state index in [1.165, 1.54) is 0 Å². The molecule has 2 heterocycles. The van der Waals surface area contributed by atoms with Crippen LogP contribution in [0.5, 0.6) is 0 Å². The number of aromatic nitrogens is 3. The van der Waals surface area contributed by atoms with Crippen LogP contribution in [0.4, 0.5) is 0 Å². The lowest BCUT2D eigenvalue weighted by Crippen LogP contribution is -2.04. The number of imidazole rings is 1. The van der Waals surface area contributed by atoms with E-state index in [4.69, 9.17) is 4.74 Å². The summed E-state index contributed by atoms with van der Waals surface area (Å²) in [7, 11) is 0. The topological polar surface area (TPSA) is 56.5 Å². The molecule has 0 spiro atoms. The number of aryl methyl sites for hydroxylation is 1. The zero-order valence-electron chi connectivity index (χ0n) is 8.60. The first-order chi connectivity index (χ1) is 7.20. The van der Waals surface area contributed by atoms with Gasteiger partial charge in [-0.15, -0.1) is 0 Å². The first-order valence-electron chi connectivity index (χ1n) is 4.69. The van der Waals surface area contributed by atoms with Crippen molar-refractivity contribution in [3.63, 3.8) is 0 Å². The Labute approximate surface area is 86.7 Å². The van der Waals surface area contributed by atoms with Gasteiger partial charge in [0, 0.05) is 18.6 Å². The second-order valence-corrected chi connectivity index (χ2v) is 3.19. The average molecular weight is 205 g/mol. The molecular formula is C10H11N3O2. The molecular weight excluding hydrogens is 194 g/mol. The van der Waals surface area contributed by atoms with Gasteiger partial charge < -0.3 is 4.74 Å². The highest BCUT2D eigenvalue weighted by atomic mass is 16.5. The Morgan fingerprint density at radius 2 is 2.33 bits per heavy atom. The predicted molar refractivity (Wildman–Crippen MR) is 53.7 cm³/mol. The van der Waals surface area contributed by atoms with Gasteiger partial charge in [-0.05, 0) is 19.4 Å². The van der Waals surface area contributed by atoms with Crippen molar-refractivity contribution in [1.29, 1.82) is 0 Å². The van der Waals surface area contributed by atoms with Crippen molar-refractivity contribution in [1.82, 2.24) is 14.4 Å².